The molecule has 0 radical (unpaired) electrons. The van der Waals surface area contributed by atoms with Gasteiger partial charge in [-0.2, -0.15) is 0 Å². The first-order chi connectivity index (χ1) is 14.4. The maximum absolute atomic E-state index is 13.3. The van der Waals surface area contributed by atoms with Crippen LogP contribution in [0.15, 0.2) is 36.4 Å². The molecule has 3 aliphatic rings. The number of carbonyl (C=O) groups excluding carboxylic acids is 1. The number of carbonyl (C=O) groups is 1. The molecule has 2 saturated heterocycles. The van der Waals surface area contributed by atoms with Crippen LogP contribution in [0.1, 0.15) is 78.2 Å². The molecule has 2 bridgehead atoms. The normalized spacial score (nSPS) is 32.5. The average Bonchev–Trinajstić information content (AvgIpc) is 2.92. The molecule has 1 aromatic carbocycles. The molecule has 0 N–H and O–H groups in total. The third kappa shape index (κ3) is 4.90. The van der Waals surface area contributed by atoms with Crippen LogP contribution in [0.5, 0.6) is 0 Å². The number of esters is 1. The van der Waals surface area contributed by atoms with E-state index in [2.05, 4.69) is 58.0 Å². The molecule has 0 spiro atoms. The highest BCUT2D eigenvalue weighted by atomic mass is 127. The predicted octanol–water partition coefficient (Wildman–Crippen LogP) is 2.99. The van der Waals surface area contributed by atoms with Crippen LogP contribution in [0.3, 0.4) is 0 Å². The van der Waals surface area contributed by atoms with E-state index in [0.29, 0.717) is 24.0 Å². The van der Waals surface area contributed by atoms with Crippen LogP contribution in [-0.2, 0) is 9.53 Å². The van der Waals surface area contributed by atoms with Crippen LogP contribution in [0.25, 0.3) is 5.57 Å². The van der Waals surface area contributed by atoms with Crippen molar-refractivity contribution in [3.05, 3.63) is 42.0 Å². The summed E-state index contributed by atoms with van der Waals surface area (Å²) in [6.07, 6.45) is 10.1. The largest absolute Gasteiger partial charge is 1.00 e. The molecule has 3 unspecified atom stereocenters. The average molecular weight is 538 g/mol. The van der Waals surface area contributed by atoms with Gasteiger partial charge in [-0.25, -0.2) is 0 Å². The second kappa shape index (κ2) is 10.4. The molecule has 4 heteroatoms. The van der Waals surface area contributed by atoms with Gasteiger partial charge in [0, 0.05) is 31.6 Å². The van der Waals surface area contributed by atoms with Crippen molar-refractivity contribution in [2.45, 2.75) is 96.9 Å². The van der Waals surface area contributed by atoms with Gasteiger partial charge in [-0.1, -0.05) is 50.3 Å². The van der Waals surface area contributed by atoms with Crippen molar-refractivity contribution in [3.8, 4) is 0 Å². The van der Waals surface area contributed by atoms with Crippen LogP contribution < -0.4 is 24.0 Å². The molecule has 0 aromatic heterocycles. The zero-order valence-electron chi connectivity index (χ0n) is 19.7. The molecule has 0 amide bonds. The van der Waals surface area contributed by atoms with Gasteiger partial charge in [-0.05, 0) is 44.2 Å². The summed E-state index contributed by atoms with van der Waals surface area (Å²) in [5.74, 6) is 0.624. The van der Waals surface area contributed by atoms with E-state index in [4.69, 9.17) is 4.74 Å². The fourth-order valence-electron chi connectivity index (χ4n) is 6.89. The lowest BCUT2D eigenvalue weighted by Crippen LogP contribution is -3.00. The van der Waals surface area contributed by atoms with Gasteiger partial charge in [-0.3, -0.25) is 4.79 Å². The van der Waals surface area contributed by atoms with E-state index in [0.717, 1.165) is 32.1 Å². The van der Waals surface area contributed by atoms with E-state index in [-0.39, 0.29) is 42.0 Å². The summed E-state index contributed by atoms with van der Waals surface area (Å²) in [5.41, 5.74) is 2.35. The number of halogens is 1. The number of ether oxygens (including phenoxy) is 1. The second-order valence-corrected chi connectivity index (χ2v) is 10.6. The molecule has 0 saturated carbocycles. The number of hydrogen-bond donors (Lipinski definition) is 0. The first-order valence-corrected chi connectivity index (χ1v) is 12.2. The quantitative estimate of drug-likeness (QED) is 0.317. The summed E-state index contributed by atoms with van der Waals surface area (Å²) in [6, 6.07) is 12.4. The van der Waals surface area contributed by atoms with Crippen molar-refractivity contribution < 1.29 is 38.0 Å². The monoisotopic (exact) mass is 537 g/mol. The Morgan fingerprint density at radius 3 is 2.26 bits per heavy atom. The Hall–Kier alpha value is -0.880. The lowest BCUT2D eigenvalue weighted by molar-refractivity contribution is -0.987. The van der Waals surface area contributed by atoms with E-state index in [1.807, 2.05) is 6.07 Å². The van der Waals surface area contributed by atoms with Crippen LogP contribution in [0.2, 0.25) is 0 Å². The van der Waals surface area contributed by atoms with Crippen molar-refractivity contribution in [1.29, 1.82) is 0 Å². The number of fused-ring (bicyclic) bond motifs is 2. The van der Waals surface area contributed by atoms with Crippen molar-refractivity contribution in [1.82, 2.24) is 0 Å². The Morgan fingerprint density at radius 2 is 1.68 bits per heavy atom. The minimum Gasteiger partial charge on any atom is -1.00 e. The molecule has 5 atom stereocenters. The summed E-state index contributed by atoms with van der Waals surface area (Å²) in [4.78, 5) is 13.3. The lowest BCUT2D eigenvalue weighted by atomic mass is 9.83. The summed E-state index contributed by atoms with van der Waals surface area (Å²) in [5, 5.41) is 0. The van der Waals surface area contributed by atoms with Gasteiger partial charge in [0.05, 0.1) is 30.6 Å². The molecule has 1 aliphatic carbocycles. The standard InChI is InChI=1S/C27H40NO2.HI/c1-19(2)18-28(20(3)4)22-14-15-23(28)17-24(16-22)30-27(29)26-13-9-8-12-25(26)21-10-6-5-7-11-21;/h5-7,10-12,19-20,22-24,26H,8-9,13-18H2,1-4H3;1H/q+1;/p-1/t22-,23+,24?,26?,28?;. The second-order valence-electron chi connectivity index (χ2n) is 10.6. The number of hydrogen-bond acceptors (Lipinski definition) is 2. The molecule has 3 nitrogen and oxygen atoms in total. The van der Waals surface area contributed by atoms with Crippen molar-refractivity contribution >= 4 is 11.5 Å². The molecule has 1 aromatic rings. The van der Waals surface area contributed by atoms with Gasteiger partial charge in [0.15, 0.2) is 0 Å². The van der Waals surface area contributed by atoms with Crippen molar-refractivity contribution in [3.63, 3.8) is 0 Å². The third-order valence-corrected chi connectivity index (χ3v) is 8.02. The van der Waals surface area contributed by atoms with Gasteiger partial charge in [0.25, 0.3) is 0 Å². The third-order valence-electron chi connectivity index (χ3n) is 8.02. The minimum absolute atomic E-state index is 0. The highest BCUT2D eigenvalue weighted by Gasteiger charge is 2.56. The number of quaternary nitrogens is 1. The summed E-state index contributed by atoms with van der Waals surface area (Å²) in [7, 11) is 0. The molecular formula is C27H40INO2. The first kappa shape index (κ1) is 24.8. The smallest absolute Gasteiger partial charge is 0.313 e. The SMILES string of the molecule is CC(C)C[N+]1(C(C)C)[C@@H]2CC[C@H]1CC(OC(=O)C1CCCC=C1c1ccccc1)C2.[I-]. The van der Waals surface area contributed by atoms with Gasteiger partial charge >= 0.3 is 5.97 Å². The number of nitrogens with zero attached hydrogens (tertiary/aromatic N) is 1. The number of benzene rings is 1. The lowest BCUT2D eigenvalue weighted by Gasteiger charge is -2.53. The maximum atomic E-state index is 13.3. The molecule has 31 heavy (non-hydrogen) atoms. The van der Waals surface area contributed by atoms with Crippen LogP contribution in [-0.4, -0.2) is 41.2 Å². The molecule has 2 fully saturated rings. The van der Waals surface area contributed by atoms with Crippen LogP contribution >= 0.6 is 0 Å². The Morgan fingerprint density at radius 1 is 1.03 bits per heavy atom. The van der Waals surface area contributed by atoms with E-state index in [9.17, 15) is 4.79 Å². The fourth-order valence-corrected chi connectivity index (χ4v) is 6.89. The predicted molar refractivity (Wildman–Crippen MR) is 123 cm³/mol. The molecule has 172 valence electrons. The zero-order valence-corrected chi connectivity index (χ0v) is 21.9. The summed E-state index contributed by atoms with van der Waals surface area (Å²) >= 11 is 0. The van der Waals surface area contributed by atoms with Gasteiger partial charge in [-0.15, -0.1) is 0 Å². The molecule has 4 rings (SSSR count). The Labute approximate surface area is 206 Å². The fraction of sp³-hybridized carbons (Fsp3) is 0.667. The van der Waals surface area contributed by atoms with E-state index >= 15 is 0 Å². The highest BCUT2D eigenvalue weighted by Crippen LogP contribution is 2.46. The minimum atomic E-state index is -0.0965. The van der Waals surface area contributed by atoms with E-state index in [1.54, 1.807) is 0 Å². The molecule has 2 aliphatic heterocycles. The highest BCUT2D eigenvalue weighted by molar-refractivity contribution is 5.89. The van der Waals surface area contributed by atoms with Crippen molar-refractivity contribution in [2.75, 3.05) is 6.54 Å². The Balaban J connectivity index is 0.00000272. The molecular weight excluding hydrogens is 497 g/mol. The van der Waals surface area contributed by atoms with Crippen LogP contribution in [0.4, 0.5) is 0 Å². The summed E-state index contributed by atoms with van der Waals surface area (Å²) in [6.45, 7) is 10.8. The van der Waals surface area contributed by atoms with E-state index in [1.165, 1.54) is 35.0 Å². The Kier molecular flexibility index (Phi) is 8.28. The molecule has 2 heterocycles. The summed E-state index contributed by atoms with van der Waals surface area (Å²) < 4.78 is 7.51. The maximum Gasteiger partial charge on any atom is 0.313 e. The van der Waals surface area contributed by atoms with E-state index < -0.39 is 0 Å². The van der Waals surface area contributed by atoms with Gasteiger partial charge < -0.3 is 33.2 Å². The number of rotatable bonds is 6. The topological polar surface area (TPSA) is 26.3 Å². The Bertz CT molecular complexity index is 759. The zero-order chi connectivity index (χ0) is 21.3. The number of allylic oxidation sites excluding steroid dienone is 1. The van der Waals surface area contributed by atoms with Crippen molar-refractivity contribution in [2.24, 2.45) is 11.8 Å². The first-order valence-electron chi connectivity index (χ1n) is 12.2. The van der Waals surface area contributed by atoms with Gasteiger partial charge in [0.2, 0.25) is 0 Å². The van der Waals surface area contributed by atoms with Gasteiger partial charge in [0.1, 0.15) is 6.10 Å². The number of piperidine rings is 1. The van der Waals surface area contributed by atoms with Crippen LogP contribution in [0, 0.1) is 11.8 Å².